The van der Waals surface area contributed by atoms with Gasteiger partial charge < -0.3 is 14.8 Å². The molecule has 122 valence electrons. The number of hydrogen-bond donors (Lipinski definition) is 1. The quantitative estimate of drug-likeness (QED) is 0.796. The molecule has 0 aromatic carbocycles. The van der Waals surface area contributed by atoms with Gasteiger partial charge in [-0.1, -0.05) is 0 Å². The fourth-order valence-electron chi connectivity index (χ4n) is 3.06. The largest absolute Gasteiger partial charge is 0.481 e. The molecular weight excluding hydrogens is 304 g/mol. The van der Waals surface area contributed by atoms with Crippen molar-refractivity contribution in [1.82, 2.24) is 15.0 Å². The lowest BCUT2D eigenvalue weighted by molar-refractivity contribution is 0.107. The van der Waals surface area contributed by atoms with E-state index in [9.17, 15) is 0 Å². The summed E-state index contributed by atoms with van der Waals surface area (Å²) in [7, 11) is 1.61. The molecule has 0 spiro atoms. The van der Waals surface area contributed by atoms with Crippen LogP contribution in [0.2, 0.25) is 0 Å². The second-order valence-electron chi connectivity index (χ2n) is 5.72. The smallest absolute Gasteiger partial charge is 0.212 e. The monoisotopic (exact) mass is 322 g/mol. The van der Waals surface area contributed by atoms with Gasteiger partial charge in [0.1, 0.15) is 6.10 Å². The predicted octanol–water partition coefficient (Wildman–Crippen LogP) is 2.98. The summed E-state index contributed by atoms with van der Waals surface area (Å²) in [5.41, 5.74) is 2.99. The third-order valence-corrected chi connectivity index (χ3v) is 4.27. The van der Waals surface area contributed by atoms with Crippen LogP contribution in [0.15, 0.2) is 49.1 Å². The van der Waals surface area contributed by atoms with Gasteiger partial charge in [0.2, 0.25) is 5.88 Å². The SMILES string of the molecule is COc1ccc([C@H]2OCC[C@@H]2Nc2ccnc3ccncc23)cn1. The first kappa shape index (κ1) is 14.8. The zero-order chi connectivity index (χ0) is 16.4. The van der Waals surface area contributed by atoms with Gasteiger partial charge in [-0.15, -0.1) is 0 Å². The van der Waals surface area contributed by atoms with Crippen LogP contribution in [-0.2, 0) is 4.74 Å². The predicted molar refractivity (Wildman–Crippen MR) is 91.0 cm³/mol. The molecule has 0 radical (unpaired) electrons. The van der Waals surface area contributed by atoms with Gasteiger partial charge in [0.15, 0.2) is 0 Å². The number of pyridine rings is 3. The van der Waals surface area contributed by atoms with Gasteiger partial charge in [-0.3, -0.25) is 9.97 Å². The lowest BCUT2D eigenvalue weighted by atomic mass is 10.0. The summed E-state index contributed by atoms with van der Waals surface area (Å²) in [5.74, 6) is 0.604. The van der Waals surface area contributed by atoms with Crippen molar-refractivity contribution in [3.63, 3.8) is 0 Å². The Morgan fingerprint density at radius 2 is 2.08 bits per heavy atom. The fourth-order valence-corrected chi connectivity index (χ4v) is 3.06. The van der Waals surface area contributed by atoms with Crippen molar-refractivity contribution in [2.24, 2.45) is 0 Å². The number of fused-ring (bicyclic) bond motifs is 1. The first-order valence-corrected chi connectivity index (χ1v) is 7.92. The van der Waals surface area contributed by atoms with Crippen molar-refractivity contribution >= 4 is 16.6 Å². The normalized spacial score (nSPS) is 20.2. The number of nitrogens with zero attached hydrogens (tertiary/aromatic N) is 3. The van der Waals surface area contributed by atoms with Gasteiger partial charge in [0.05, 0.1) is 18.7 Å². The van der Waals surface area contributed by atoms with Crippen molar-refractivity contribution in [3.8, 4) is 5.88 Å². The third-order valence-electron chi connectivity index (χ3n) is 4.27. The van der Waals surface area contributed by atoms with Crippen LogP contribution in [0.4, 0.5) is 5.69 Å². The molecule has 4 rings (SSSR count). The minimum absolute atomic E-state index is 0.0386. The zero-order valence-corrected chi connectivity index (χ0v) is 13.3. The highest BCUT2D eigenvalue weighted by atomic mass is 16.5. The van der Waals surface area contributed by atoms with Crippen molar-refractivity contribution in [2.45, 2.75) is 18.6 Å². The van der Waals surface area contributed by atoms with Crippen molar-refractivity contribution < 1.29 is 9.47 Å². The summed E-state index contributed by atoms with van der Waals surface area (Å²) in [4.78, 5) is 12.9. The lowest BCUT2D eigenvalue weighted by Gasteiger charge is -2.22. The van der Waals surface area contributed by atoms with E-state index in [-0.39, 0.29) is 12.1 Å². The molecule has 1 fully saturated rings. The van der Waals surface area contributed by atoms with Crippen LogP contribution in [0.3, 0.4) is 0 Å². The van der Waals surface area contributed by atoms with Crippen molar-refractivity contribution in [1.29, 1.82) is 0 Å². The van der Waals surface area contributed by atoms with Crippen LogP contribution < -0.4 is 10.1 Å². The number of methoxy groups -OCH3 is 1. The average Bonchev–Trinajstić information content (AvgIpc) is 3.10. The highest BCUT2D eigenvalue weighted by molar-refractivity contribution is 5.90. The molecule has 0 unspecified atom stereocenters. The summed E-state index contributed by atoms with van der Waals surface area (Å²) in [6.07, 6.45) is 8.11. The Kier molecular flexibility index (Phi) is 3.96. The maximum Gasteiger partial charge on any atom is 0.212 e. The molecular formula is C18H18N4O2. The molecule has 3 aromatic rings. The summed E-state index contributed by atoms with van der Waals surface area (Å²) in [5, 5.41) is 4.61. The molecule has 6 heteroatoms. The summed E-state index contributed by atoms with van der Waals surface area (Å²) < 4.78 is 11.1. The first-order chi connectivity index (χ1) is 11.8. The van der Waals surface area contributed by atoms with Crippen LogP contribution in [0.5, 0.6) is 5.88 Å². The van der Waals surface area contributed by atoms with Crippen molar-refractivity contribution in [2.75, 3.05) is 19.0 Å². The highest BCUT2D eigenvalue weighted by Gasteiger charge is 2.30. The van der Waals surface area contributed by atoms with E-state index >= 15 is 0 Å². The lowest BCUT2D eigenvalue weighted by Crippen LogP contribution is -2.23. The van der Waals surface area contributed by atoms with Gasteiger partial charge >= 0.3 is 0 Å². The summed E-state index contributed by atoms with van der Waals surface area (Å²) in [6.45, 7) is 0.718. The highest BCUT2D eigenvalue weighted by Crippen LogP contribution is 2.33. The summed E-state index contributed by atoms with van der Waals surface area (Å²) >= 11 is 0. The van der Waals surface area contributed by atoms with E-state index in [0.29, 0.717) is 5.88 Å². The maximum absolute atomic E-state index is 5.93. The molecule has 0 saturated carbocycles. The van der Waals surface area contributed by atoms with Crippen LogP contribution in [0.25, 0.3) is 10.9 Å². The Morgan fingerprint density at radius 3 is 2.92 bits per heavy atom. The Labute approximate surface area is 139 Å². The van der Waals surface area contributed by atoms with E-state index in [4.69, 9.17) is 9.47 Å². The third kappa shape index (κ3) is 2.76. The summed E-state index contributed by atoms with van der Waals surface area (Å²) in [6, 6.07) is 7.93. The molecule has 4 heterocycles. The Bertz CT molecular complexity index is 833. The van der Waals surface area contributed by atoms with E-state index in [1.54, 1.807) is 13.3 Å². The number of rotatable bonds is 4. The minimum Gasteiger partial charge on any atom is -0.481 e. The van der Waals surface area contributed by atoms with Crippen molar-refractivity contribution in [3.05, 3.63) is 54.6 Å². The van der Waals surface area contributed by atoms with E-state index in [2.05, 4.69) is 20.3 Å². The molecule has 24 heavy (non-hydrogen) atoms. The van der Waals surface area contributed by atoms with Gasteiger partial charge in [-0.25, -0.2) is 4.98 Å². The van der Waals surface area contributed by atoms with Gasteiger partial charge in [0.25, 0.3) is 0 Å². The number of hydrogen-bond acceptors (Lipinski definition) is 6. The molecule has 1 aliphatic heterocycles. The van der Waals surface area contributed by atoms with E-state index in [1.165, 1.54) is 0 Å². The number of nitrogens with one attached hydrogen (secondary N) is 1. The molecule has 0 aliphatic carbocycles. The molecule has 1 N–H and O–H groups in total. The van der Waals surface area contributed by atoms with E-state index in [0.717, 1.165) is 35.2 Å². The van der Waals surface area contributed by atoms with E-state index < -0.39 is 0 Å². The molecule has 0 bridgehead atoms. The minimum atomic E-state index is -0.0386. The van der Waals surface area contributed by atoms with Gasteiger partial charge in [-0.2, -0.15) is 0 Å². The standard InChI is InChI=1S/C18H18N4O2/c1-23-17-3-2-12(10-21-17)18-16(6-9-24-18)22-15-5-8-20-14-4-7-19-11-13(14)15/h2-5,7-8,10-11,16,18H,6,9H2,1H3,(H,20,22)/t16-,18+/m0/s1. The number of aromatic nitrogens is 3. The average molecular weight is 322 g/mol. The molecule has 1 saturated heterocycles. The van der Waals surface area contributed by atoms with Gasteiger partial charge in [-0.05, 0) is 24.6 Å². The number of anilines is 1. The molecule has 3 aromatic heterocycles. The van der Waals surface area contributed by atoms with Crippen LogP contribution in [0, 0.1) is 0 Å². The first-order valence-electron chi connectivity index (χ1n) is 7.92. The Hall–Kier alpha value is -2.73. The molecule has 2 atom stereocenters. The van der Waals surface area contributed by atoms with E-state index in [1.807, 2.05) is 42.9 Å². The second-order valence-corrected chi connectivity index (χ2v) is 5.72. The van der Waals surface area contributed by atoms with Crippen LogP contribution in [0.1, 0.15) is 18.1 Å². The molecule has 6 nitrogen and oxygen atoms in total. The topological polar surface area (TPSA) is 69.2 Å². The molecule has 0 amide bonds. The van der Waals surface area contributed by atoms with Gasteiger partial charge in [0, 0.05) is 54.1 Å². The Balaban J connectivity index is 1.60. The van der Waals surface area contributed by atoms with Crippen LogP contribution in [-0.4, -0.2) is 34.7 Å². The number of ether oxygens (including phenoxy) is 2. The Morgan fingerprint density at radius 1 is 1.12 bits per heavy atom. The fraction of sp³-hybridized carbons (Fsp3) is 0.278. The maximum atomic E-state index is 5.93. The van der Waals surface area contributed by atoms with Crippen LogP contribution >= 0.6 is 0 Å². The second kappa shape index (κ2) is 6.41. The zero-order valence-electron chi connectivity index (χ0n) is 13.3. The molecule has 1 aliphatic rings.